The molecule has 1 rings (SSSR count). The molecule has 0 fully saturated rings. The highest BCUT2D eigenvalue weighted by Crippen LogP contribution is 2.14. The molecule has 58 valence electrons. The van der Waals surface area contributed by atoms with E-state index in [9.17, 15) is 4.79 Å². The number of aromatic hydroxyl groups is 1. The number of hydrogen-bond donors (Lipinski definition) is 2. The molecule has 0 heterocycles. The predicted octanol–water partition coefficient (Wildman–Crippen LogP) is 0.972. The number of para-hydroxylation sites is 1. The third-order valence-electron chi connectivity index (χ3n) is 1.13. The lowest BCUT2D eigenvalue weighted by Gasteiger charge is -1.95. The lowest BCUT2D eigenvalue weighted by molar-refractivity contribution is 0.0694. The van der Waals surface area contributed by atoms with Crippen LogP contribution in [0.2, 0.25) is 0 Å². The molecule has 4 heteroatoms. The normalized spacial score (nSPS) is 8.36. The second-order valence-electron chi connectivity index (χ2n) is 1.82. The second-order valence-corrected chi connectivity index (χ2v) is 1.82. The van der Waals surface area contributed by atoms with E-state index < -0.39 is 5.97 Å². The number of hydrogen-bond acceptors (Lipinski definition) is 2. The van der Waals surface area contributed by atoms with Gasteiger partial charge in [-0.1, -0.05) is 12.1 Å². The highest BCUT2D eigenvalue weighted by molar-refractivity contribution is 5.90. The molecular formula is C7H6O4. The van der Waals surface area contributed by atoms with Crippen LogP contribution in [0.3, 0.4) is 0 Å². The van der Waals surface area contributed by atoms with Crippen LogP contribution in [0, 0.1) is 0 Å². The molecule has 0 aliphatic rings. The van der Waals surface area contributed by atoms with E-state index in [0.29, 0.717) is 0 Å². The molecule has 0 aliphatic carbocycles. The van der Waals surface area contributed by atoms with Gasteiger partial charge in [0.25, 0.3) is 0 Å². The minimum Gasteiger partial charge on any atom is -0.507 e. The van der Waals surface area contributed by atoms with E-state index in [0.717, 1.165) is 0 Å². The van der Waals surface area contributed by atoms with Crippen molar-refractivity contribution in [3.8, 4) is 5.75 Å². The zero-order valence-electron chi connectivity index (χ0n) is 5.52. The van der Waals surface area contributed by atoms with E-state index in [1.165, 1.54) is 12.1 Å². The molecule has 0 saturated heterocycles. The Morgan fingerprint density at radius 2 is 1.82 bits per heavy atom. The molecule has 0 amide bonds. The van der Waals surface area contributed by atoms with Crippen molar-refractivity contribution in [1.29, 1.82) is 0 Å². The van der Waals surface area contributed by atoms with Gasteiger partial charge in [-0.3, -0.25) is 0 Å². The fourth-order valence-electron chi connectivity index (χ4n) is 0.654. The van der Waals surface area contributed by atoms with E-state index in [2.05, 4.69) is 0 Å². The fraction of sp³-hybridized carbons (Fsp3) is 0. The summed E-state index contributed by atoms with van der Waals surface area (Å²) in [7, 11) is 0. The molecule has 2 radical (unpaired) electrons. The van der Waals surface area contributed by atoms with Crippen molar-refractivity contribution in [2.45, 2.75) is 0 Å². The largest absolute Gasteiger partial charge is 0.507 e. The zero-order valence-corrected chi connectivity index (χ0v) is 5.52. The van der Waals surface area contributed by atoms with E-state index in [-0.39, 0.29) is 16.8 Å². The van der Waals surface area contributed by atoms with Gasteiger partial charge in [-0.05, 0) is 12.1 Å². The van der Waals surface area contributed by atoms with Crippen LogP contribution < -0.4 is 0 Å². The van der Waals surface area contributed by atoms with Crippen molar-refractivity contribution in [3.05, 3.63) is 29.8 Å². The first-order chi connectivity index (χ1) is 4.72. The van der Waals surface area contributed by atoms with Gasteiger partial charge in [0.1, 0.15) is 11.3 Å². The van der Waals surface area contributed by atoms with Crippen LogP contribution in [0.5, 0.6) is 5.75 Å². The monoisotopic (exact) mass is 154 g/mol. The third-order valence-corrected chi connectivity index (χ3v) is 1.13. The van der Waals surface area contributed by atoms with Gasteiger partial charge in [-0.2, -0.15) is 0 Å². The molecule has 1 aromatic carbocycles. The number of benzene rings is 1. The number of phenols is 1. The molecule has 0 atom stereocenters. The Morgan fingerprint density at radius 3 is 2.18 bits per heavy atom. The first-order valence-electron chi connectivity index (χ1n) is 2.73. The lowest BCUT2D eigenvalue weighted by Crippen LogP contribution is -1.95. The van der Waals surface area contributed by atoms with Crippen molar-refractivity contribution in [2.24, 2.45) is 0 Å². The molecule has 0 bridgehead atoms. The van der Waals surface area contributed by atoms with Gasteiger partial charge in [0, 0.05) is 5.48 Å². The molecule has 0 aromatic heterocycles. The first-order valence-corrected chi connectivity index (χ1v) is 2.73. The van der Waals surface area contributed by atoms with E-state index in [4.69, 9.17) is 10.2 Å². The fourth-order valence-corrected chi connectivity index (χ4v) is 0.654. The summed E-state index contributed by atoms with van der Waals surface area (Å²) in [6.07, 6.45) is 0. The van der Waals surface area contributed by atoms with Crippen LogP contribution in [0.15, 0.2) is 24.3 Å². The van der Waals surface area contributed by atoms with Gasteiger partial charge in [-0.15, -0.1) is 0 Å². The van der Waals surface area contributed by atoms with Gasteiger partial charge >= 0.3 is 5.97 Å². The summed E-state index contributed by atoms with van der Waals surface area (Å²) >= 11 is 0. The minimum absolute atomic E-state index is 0. The maximum absolute atomic E-state index is 10.3. The SMILES string of the molecule is O=C(O)c1ccccc1O.[O]. The van der Waals surface area contributed by atoms with E-state index in [1.54, 1.807) is 12.1 Å². The second kappa shape index (κ2) is 3.58. The summed E-state index contributed by atoms with van der Waals surface area (Å²) in [5, 5.41) is 17.3. The smallest absolute Gasteiger partial charge is 0.339 e. The van der Waals surface area contributed by atoms with Gasteiger partial charge in [0.2, 0.25) is 0 Å². The molecule has 4 nitrogen and oxygen atoms in total. The Bertz CT molecular complexity index is 256. The summed E-state index contributed by atoms with van der Waals surface area (Å²) in [4.78, 5) is 10.3. The molecule has 11 heavy (non-hydrogen) atoms. The Labute approximate surface area is 63.0 Å². The Hall–Kier alpha value is -1.55. The average molecular weight is 154 g/mol. The van der Waals surface area contributed by atoms with Crippen molar-refractivity contribution in [1.82, 2.24) is 0 Å². The van der Waals surface area contributed by atoms with Crippen LogP contribution in [-0.4, -0.2) is 16.2 Å². The van der Waals surface area contributed by atoms with Crippen LogP contribution in [0.1, 0.15) is 10.4 Å². The van der Waals surface area contributed by atoms with Crippen molar-refractivity contribution in [2.75, 3.05) is 0 Å². The van der Waals surface area contributed by atoms with Gasteiger partial charge in [-0.25, -0.2) is 4.79 Å². The molecule has 0 aliphatic heterocycles. The zero-order chi connectivity index (χ0) is 7.56. The van der Waals surface area contributed by atoms with Gasteiger partial charge in [0.05, 0.1) is 0 Å². The van der Waals surface area contributed by atoms with Crippen molar-refractivity contribution < 1.29 is 20.5 Å². The van der Waals surface area contributed by atoms with Gasteiger partial charge < -0.3 is 10.2 Å². The first kappa shape index (κ1) is 9.45. The Kier molecular flexibility index (Phi) is 3.07. The summed E-state index contributed by atoms with van der Waals surface area (Å²) in [6.45, 7) is 0. The average Bonchev–Trinajstić information content (AvgIpc) is 1.88. The maximum atomic E-state index is 10.3. The minimum atomic E-state index is -1.11. The number of carbonyl (C=O) groups is 1. The molecule has 0 saturated carbocycles. The molecular weight excluding hydrogens is 148 g/mol. The summed E-state index contributed by atoms with van der Waals surface area (Å²) < 4.78 is 0. The standard InChI is InChI=1S/C7H6O3.O/c8-6-4-2-1-3-5(6)7(9)10;/h1-4,8H,(H,9,10);. The number of carboxylic acids is 1. The molecule has 0 spiro atoms. The molecule has 2 N–H and O–H groups in total. The number of aromatic carboxylic acids is 1. The molecule has 0 unspecified atom stereocenters. The number of rotatable bonds is 1. The Balaban J connectivity index is 0.000001000. The summed E-state index contributed by atoms with van der Waals surface area (Å²) in [5.74, 6) is -1.31. The highest BCUT2D eigenvalue weighted by atomic mass is 16.4. The maximum Gasteiger partial charge on any atom is 0.339 e. The highest BCUT2D eigenvalue weighted by Gasteiger charge is 2.05. The quantitative estimate of drug-likeness (QED) is 0.631. The van der Waals surface area contributed by atoms with Crippen LogP contribution in [0.4, 0.5) is 0 Å². The Morgan fingerprint density at radius 1 is 1.27 bits per heavy atom. The topological polar surface area (TPSA) is 86.0 Å². The van der Waals surface area contributed by atoms with Crippen molar-refractivity contribution >= 4 is 5.97 Å². The summed E-state index contributed by atoms with van der Waals surface area (Å²) in [6, 6.07) is 5.81. The third kappa shape index (κ3) is 1.94. The number of carboxylic acid groups (broad SMARTS) is 1. The van der Waals surface area contributed by atoms with Crippen LogP contribution in [0.25, 0.3) is 0 Å². The predicted molar refractivity (Wildman–Crippen MR) is 35.8 cm³/mol. The van der Waals surface area contributed by atoms with Crippen LogP contribution in [-0.2, 0) is 5.48 Å². The summed E-state index contributed by atoms with van der Waals surface area (Å²) in [5.41, 5.74) is -0.0671. The molecule has 1 aromatic rings. The van der Waals surface area contributed by atoms with Crippen molar-refractivity contribution in [3.63, 3.8) is 0 Å². The van der Waals surface area contributed by atoms with Gasteiger partial charge in [0.15, 0.2) is 0 Å². The lowest BCUT2D eigenvalue weighted by atomic mass is 10.2. The van der Waals surface area contributed by atoms with E-state index in [1.807, 2.05) is 0 Å². The van der Waals surface area contributed by atoms with Crippen LogP contribution >= 0.6 is 0 Å². The van der Waals surface area contributed by atoms with E-state index >= 15 is 0 Å².